The van der Waals surface area contributed by atoms with E-state index in [1.165, 1.54) is 7.11 Å². The van der Waals surface area contributed by atoms with Gasteiger partial charge in [-0.25, -0.2) is 9.59 Å². The molecule has 0 aromatic heterocycles. The molecule has 0 unspecified atom stereocenters. The molecule has 0 aromatic rings. The number of carbonyl (C=O) groups excluding carboxylic acids is 1. The summed E-state index contributed by atoms with van der Waals surface area (Å²) in [5, 5.41) is 7.60. The van der Waals surface area contributed by atoms with Gasteiger partial charge in [-0.1, -0.05) is 26.0 Å². The van der Waals surface area contributed by atoms with E-state index in [2.05, 4.69) is 18.2 Å². The number of carboxylic acid groups (broad SMARTS) is 1. The molecule has 0 spiro atoms. The maximum Gasteiger partial charge on any atom is 0.333 e. The summed E-state index contributed by atoms with van der Waals surface area (Å²) in [5.41, 5.74) is 0.698. The SMILES string of the molecule is C=CC(=O)O.CCCC=C(C)C(=O)OC. The van der Waals surface area contributed by atoms with Crippen LogP contribution in [0.3, 0.4) is 0 Å². The summed E-state index contributed by atoms with van der Waals surface area (Å²) < 4.78 is 4.50. The van der Waals surface area contributed by atoms with Gasteiger partial charge in [0.15, 0.2) is 0 Å². The van der Waals surface area contributed by atoms with Gasteiger partial charge in [0, 0.05) is 11.6 Å². The molecular weight excluding hydrogens is 196 g/mol. The Balaban J connectivity index is 0. The molecule has 0 aliphatic carbocycles. The molecule has 0 rings (SSSR count). The number of carboxylic acids is 1. The van der Waals surface area contributed by atoms with Gasteiger partial charge in [-0.3, -0.25) is 0 Å². The molecule has 0 aromatic carbocycles. The number of carbonyl (C=O) groups is 2. The lowest BCUT2D eigenvalue weighted by Crippen LogP contribution is -2.00. The predicted octanol–water partition coefficient (Wildman–Crippen LogP) is 2.16. The van der Waals surface area contributed by atoms with E-state index in [0.29, 0.717) is 5.57 Å². The van der Waals surface area contributed by atoms with Crippen molar-refractivity contribution in [1.82, 2.24) is 0 Å². The van der Waals surface area contributed by atoms with Gasteiger partial charge in [-0.15, -0.1) is 0 Å². The van der Waals surface area contributed by atoms with E-state index in [0.717, 1.165) is 18.9 Å². The van der Waals surface area contributed by atoms with Gasteiger partial charge in [0.25, 0.3) is 0 Å². The van der Waals surface area contributed by atoms with Gasteiger partial charge in [0.1, 0.15) is 0 Å². The third-order valence-corrected chi connectivity index (χ3v) is 1.42. The summed E-state index contributed by atoms with van der Waals surface area (Å²) in [6.07, 6.45) is 4.74. The summed E-state index contributed by atoms with van der Waals surface area (Å²) >= 11 is 0. The third kappa shape index (κ3) is 12.4. The van der Waals surface area contributed by atoms with Crippen LogP contribution in [0.2, 0.25) is 0 Å². The predicted molar refractivity (Wildman–Crippen MR) is 58.5 cm³/mol. The first-order valence-electron chi connectivity index (χ1n) is 4.60. The third-order valence-electron chi connectivity index (χ3n) is 1.42. The quantitative estimate of drug-likeness (QED) is 0.575. The largest absolute Gasteiger partial charge is 0.478 e. The number of hydrogen-bond acceptors (Lipinski definition) is 3. The summed E-state index contributed by atoms with van der Waals surface area (Å²) in [7, 11) is 1.39. The van der Waals surface area contributed by atoms with E-state index < -0.39 is 5.97 Å². The highest BCUT2D eigenvalue weighted by atomic mass is 16.5. The molecule has 0 saturated heterocycles. The van der Waals surface area contributed by atoms with E-state index in [9.17, 15) is 9.59 Å². The molecule has 0 atom stereocenters. The van der Waals surface area contributed by atoms with Gasteiger partial charge in [0.05, 0.1) is 7.11 Å². The second kappa shape index (κ2) is 10.5. The molecule has 0 saturated carbocycles. The molecule has 0 amide bonds. The first-order valence-corrected chi connectivity index (χ1v) is 4.60. The van der Waals surface area contributed by atoms with Crippen molar-refractivity contribution in [2.24, 2.45) is 0 Å². The van der Waals surface area contributed by atoms with Crippen LogP contribution in [0, 0.1) is 0 Å². The number of ether oxygens (including phenoxy) is 1. The molecular formula is C11H18O4. The van der Waals surface area contributed by atoms with Crippen molar-refractivity contribution < 1.29 is 19.4 Å². The lowest BCUT2D eigenvalue weighted by Gasteiger charge is -1.96. The van der Waals surface area contributed by atoms with Gasteiger partial charge >= 0.3 is 11.9 Å². The summed E-state index contributed by atoms with van der Waals surface area (Å²) in [6.45, 7) is 6.80. The topological polar surface area (TPSA) is 63.6 Å². The maximum absolute atomic E-state index is 10.7. The lowest BCUT2D eigenvalue weighted by atomic mass is 10.2. The minimum absolute atomic E-state index is 0.228. The Bertz CT molecular complexity index is 241. The van der Waals surface area contributed by atoms with E-state index >= 15 is 0 Å². The first-order chi connectivity index (χ1) is 6.99. The van der Waals surface area contributed by atoms with Crippen LogP contribution in [0.25, 0.3) is 0 Å². The molecule has 1 N–H and O–H groups in total. The van der Waals surface area contributed by atoms with Crippen molar-refractivity contribution in [3.63, 3.8) is 0 Å². The van der Waals surface area contributed by atoms with E-state index in [4.69, 9.17) is 5.11 Å². The van der Waals surface area contributed by atoms with Crippen molar-refractivity contribution in [1.29, 1.82) is 0 Å². The fourth-order valence-electron chi connectivity index (χ4n) is 0.605. The Morgan fingerprint density at radius 3 is 2.20 bits per heavy atom. The van der Waals surface area contributed by atoms with E-state index in [-0.39, 0.29) is 5.97 Å². The standard InChI is InChI=1S/C8H14O2.C3H4O2/c1-4-5-6-7(2)8(9)10-3;1-2-3(4)5/h6H,4-5H2,1-3H3;2H,1H2,(H,4,5). The number of esters is 1. The molecule has 0 radical (unpaired) electrons. The van der Waals surface area contributed by atoms with Crippen LogP contribution < -0.4 is 0 Å². The molecule has 0 aliphatic rings. The summed E-state index contributed by atoms with van der Waals surface area (Å²) in [6, 6.07) is 0. The van der Waals surface area contributed by atoms with Crippen LogP contribution in [-0.4, -0.2) is 24.2 Å². The van der Waals surface area contributed by atoms with Crippen LogP contribution in [-0.2, 0) is 14.3 Å². The molecule has 86 valence electrons. The van der Waals surface area contributed by atoms with Crippen molar-refractivity contribution in [2.75, 3.05) is 7.11 Å². The summed E-state index contributed by atoms with van der Waals surface area (Å²) in [5.74, 6) is -1.21. The van der Waals surface area contributed by atoms with Crippen molar-refractivity contribution >= 4 is 11.9 Å². The second-order valence-corrected chi connectivity index (χ2v) is 2.71. The van der Waals surface area contributed by atoms with Crippen molar-refractivity contribution in [3.05, 3.63) is 24.3 Å². The number of unbranched alkanes of at least 4 members (excludes halogenated alkanes) is 1. The fraction of sp³-hybridized carbons (Fsp3) is 0.455. The Morgan fingerprint density at radius 2 is 1.93 bits per heavy atom. The minimum atomic E-state index is -0.981. The molecule has 4 heteroatoms. The minimum Gasteiger partial charge on any atom is -0.478 e. The van der Waals surface area contributed by atoms with E-state index in [1.807, 2.05) is 6.08 Å². The monoisotopic (exact) mass is 214 g/mol. The highest BCUT2D eigenvalue weighted by Crippen LogP contribution is 1.99. The highest BCUT2D eigenvalue weighted by Gasteiger charge is 1.99. The average Bonchev–Trinajstić information content (AvgIpc) is 2.25. The van der Waals surface area contributed by atoms with Gasteiger partial charge in [0.2, 0.25) is 0 Å². The van der Waals surface area contributed by atoms with Crippen LogP contribution in [0.5, 0.6) is 0 Å². The van der Waals surface area contributed by atoms with Crippen LogP contribution >= 0.6 is 0 Å². The van der Waals surface area contributed by atoms with Crippen LogP contribution in [0.15, 0.2) is 24.3 Å². The molecule has 15 heavy (non-hydrogen) atoms. The highest BCUT2D eigenvalue weighted by molar-refractivity contribution is 5.87. The van der Waals surface area contributed by atoms with Crippen molar-refractivity contribution in [2.45, 2.75) is 26.7 Å². The zero-order chi connectivity index (χ0) is 12.3. The summed E-state index contributed by atoms with van der Waals surface area (Å²) in [4.78, 5) is 20.0. The van der Waals surface area contributed by atoms with E-state index in [1.54, 1.807) is 6.92 Å². The maximum atomic E-state index is 10.7. The number of methoxy groups -OCH3 is 1. The first kappa shape index (κ1) is 15.9. The smallest absolute Gasteiger partial charge is 0.333 e. The number of allylic oxidation sites excluding steroid dienone is 1. The average molecular weight is 214 g/mol. The fourth-order valence-corrected chi connectivity index (χ4v) is 0.605. The Morgan fingerprint density at radius 1 is 1.47 bits per heavy atom. The number of rotatable bonds is 4. The van der Waals surface area contributed by atoms with Gasteiger partial charge < -0.3 is 9.84 Å². The Kier molecular flexibility index (Phi) is 11.1. The van der Waals surface area contributed by atoms with Crippen molar-refractivity contribution in [3.8, 4) is 0 Å². The molecule has 4 nitrogen and oxygen atoms in total. The second-order valence-electron chi connectivity index (χ2n) is 2.71. The van der Waals surface area contributed by atoms with Crippen LogP contribution in [0.4, 0.5) is 0 Å². The van der Waals surface area contributed by atoms with Gasteiger partial charge in [-0.2, -0.15) is 0 Å². The molecule has 0 heterocycles. The molecule has 0 aliphatic heterocycles. The zero-order valence-corrected chi connectivity index (χ0v) is 9.45. The zero-order valence-electron chi connectivity index (χ0n) is 9.45. The lowest BCUT2D eigenvalue weighted by molar-refractivity contribution is -0.136. The Hall–Kier alpha value is -1.58. The molecule has 0 bridgehead atoms. The van der Waals surface area contributed by atoms with Crippen LogP contribution in [0.1, 0.15) is 26.7 Å². The number of aliphatic carboxylic acids is 1. The number of hydrogen-bond donors (Lipinski definition) is 1. The molecule has 0 fully saturated rings. The van der Waals surface area contributed by atoms with Gasteiger partial charge in [-0.05, 0) is 13.3 Å². The Labute approximate surface area is 90.2 Å². The normalized spacial score (nSPS) is 9.67.